The van der Waals surface area contributed by atoms with Crippen LogP contribution in [0.3, 0.4) is 0 Å². The second-order valence-corrected chi connectivity index (χ2v) is 10.1. The summed E-state index contributed by atoms with van der Waals surface area (Å²) in [6, 6.07) is 11.5. The van der Waals surface area contributed by atoms with Gasteiger partial charge in [0, 0.05) is 63.3 Å². The van der Waals surface area contributed by atoms with Crippen molar-refractivity contribution >= 4 is 17.5 Å². The molecule has 1 aliphatic rings. The Balaban J connectivity index is 1.53. The summed E-state index contributed by atoms with van der Waals surface area (Å²) >= 11 is 0. The smallest absolute Gasteiger partial charge is 0.269 e. The van der Waals surface area contributed by atoms with Crippen LogP contribution in [0.15, 0.2) is 42.7 Å². The summed E-state index contributed by atoms with van der Waals surface area (Å²) in [7, 11) is 2.15. The molecule has 9 nitrogen and oxygen atoms in total. The maximum absolute atomic E-state index is 13.2. The Morgan fingerprint density at radius 1 is 1.18 bits per heavy atom. The van der Waals surface area contributed by atoms with Gasteiger partial charge < -0.3 is 4.90 Å². The number of nitriles is 1. The maximum Gasteiger partial charge on any atom is 0.269 e. The third-order valence-electron chi connectivity index (χ3n) is 5.83. The van der Waals surface area contributed by atoms with Crippen LogP contribution in [-0.2, 0) is 6.54 Å². The van der Waals surface area contributed by atoms with Crippen molar-refractivity contribution in [2.24, 2.45) is 5.41 Å². The van der Waals surface area contributed by atoms with Gasteiger partial charge in [0.15, 0.2) is 0 Å². The van der Waals surface area contributed by atoms with E-state index < -0.39 is 0 Å². The number of rotatable bonds is 6. The average molecular weight is 461 g/mol. The van der Waals surface area contributed by atoms with Gasteiger partial charge in [0.2, 0.25) is 5.78 Å². The van der Waals surface area contributed by atoms with E-state index in [-0.39, 0.29) is 17.0 Å². The maximum atomic E-state index is 13.2. The minimum absolute atomic E-state index is 0.122. The molecule has 0 unspecified atom stereocenters. The van der Waals surface area contributed by atoms with Crippen molar-refractivity contribution in [3.8, 4) is 6.07 Å². The molecule has 0 aliphatic carbocycles. The topological polar surface area (TPSA) is 92.8 Å². The Bertz CT molecular complexity index is 1180. The van der Waals surface area contributed by atoms with Gasteiger partial charge in [-0.15, -0.1) is 0 Å². The number of hydrazine groups is 1. The van der Waals surface area contributed by atoms with Crippen molar-refractivity contribution in [2.75, 3.05) is 44.8 Å². The van der Waals surface area contributed by atoms with Gasteiger partial charge in [0.1, 0.15) is 17.6 Å². The van der Waals surface area contributed by atoms with Crippen LogP contribution in [-0.4, -0.2) is 69.8 Å². The summed E-state index contributed by atoms with van der Waals surface area (Å²) in [5, 5.41) is 11.2. The van der Waals surface area contributed by atoms with Crippen molar-refractivity contribution in [3.63, 3.8) is 0 Å². The zero-order valence-electron chi connectivity index (χ0n) is 20.3. The molecule has 9 heteroatoms. The fraction of sp³-hybridized carbons (Fsp3) is 0.440. The predicted molar refractivity (Wildman–Crippen MR) is 131 cm³/mol. The monoisotopic (exact) mass is 460 g/mol. The van der Waals surface area contributed by atoms with Gasteiger partial charge in [-0.1, -0.05) is 32.9 Å². The van der Waals surface area contributed by atoms with Crippen LogP contribution in [0.1, 0.15) is 42.4 Å². The number of hydrogen-bond donors (Lipinski definition) is 1. The Labute approximate surface area is 200 Å². The summed E-state index contributed by atoms with van der Waals surface area (Å²) in [5.74, 6) is 0.837. The molecule has 1 aromatic carbocycles. The van der Waals surface area contributed by atoms with E-state index in [9.17, 15) is 10.1 Å². The lowest BCUT2D eigenvalue weighted by molar-refractivity contribution is 0.0945. The summed E-state index contributed by atoms with van der Waals surface area (Å²) in [5.41, 5.74) is 4.94. The number of nitrogens with zero attached hydrogens (tertiary/aromatic N) is 7. The van der Waals surface area contributed by atoms with Crippen LogP contribution in [0.25, 0.3) is 5.78 Å². The normalized spacial score (nSPS) is 15.3. The van der Waals surface area contributed by atoms with Gasteiger partial charge in [0.05, 0.1) is 0 Å². The second-order valence-electron chi connectivity index (χ2n) is 10.1. The van der Waals surface area contributed by atoms with Crippen LogP contribution < -0.4 is 10.4 Å². The average Bonchev–Trinajstić information content (AvgIpc) is 3.28. The van der Waals surface area contributed by atoms with Gasteiger partial charge in [-0.25, -0.2) is 9.97 Å². The Morgan fingerprint density at radius 3 is 2.53 bits per heavy atom. The fourth-order valence-corrected chi connectivity index (χ4v) is 4.02. The number of nitrogens with one attached hydrogen (secondary N) is 1. The highest BCUT2D eigenvalue weighted by Crippen LogP contribution is 2.22. The summed E-state index contributed by atoms with van der Waals surface area (Å²) < 4.78 is 1.77. The van der Waals surface area contributed by atoms with E-state index in [1.165, 1.54) is 5.56 Å². The quantitative estimate of drug-likeness (QED) is 0.565. The predicted octanol–water partition coefficient (Wildman–Crippen LogP) is 2.55. The molecule has 0 spiro atoms. The first kappa shape index (κ1) is 23.7. The Kier molecular flexibility index (Phi) is 6.82. The minimum atomic E-state index is -0.209. The van der Waals surface area contributed by atoms with Crippen molar-refractivity contribution in [2.45, 2.75) is 27.3 Å². The van der Waals surface area contributed by atoms with E-state index in [0.29, 0.717) is 23.7 Å². The molecule has 1 aliphatic heterocycles. The van der Waals surface area contributed by atoms with E-state index in [1.54, 1.807) is 27.9 Å². The molecule has 1 saturated heterocycles. The lowest BCUT2D eigenvalue weighted by Crippen LogP contribution is -2.47. The summed E-state index contributed by atoms with van der Waals surface area (Å²) in [4.78, 5) is 26.4. The molecule has 0 bridgehead atoms. The molecule has 34 heavy (non-hydrogen) atoms. The number of amides is 1. The molecule has 0 radical (unpaired) electrons. The number of hydrogen-bond acceptors (Lipinski definition) is 7. The van der Waals surface area contributed by atoms with Gasteiger partial charge in [-0.05, 0) is 30.2 Å². The number of aromatic nitrogens is 3. The van der Waals surface area contributed by atoms with Gasteiger partial charge in [-0.3, -0.25) is 24.5 Å². The van der Waals surface area contributed by atoms with Gasteiger partial charge in [-0.2, -0.15) is 5.26 Å². The van der Waals surface area contributed by atoms with Crippen molar-refractivity contribution in [1.29, 1.82) is 5.26 Å². The first-order chi connectivity index (χ1) is 16.2. The Hall–Kier alpha value is -3.48. The van der Waals surface area contributed by atoms with E-state index >= 15 is 0 Å². The number of likely N-dealkylation sites (N-methyl/N-ethyl adjacent to an activating group) is 1. The standard InChI is InChI=1S/C25H32N8O/c1-25(2,3)18-33(22-15-21(16-26)28-24-27-9-10-32(22)24)29-23(34)20-7-5-19(6-8-20)17-31-13-11-30(4)12-14-31/h5-10,15H,11-14,17-18H2,1-4H3,(H,29,34). The van der Waals surface area contributed by atoms with Crippen LogP contribution in [0.2, 0.25) is 0 Å². The number of piperazine rings is 1. The largest absolute Gasteiger partial charge is 0.304 e. The second kappa shape index (κ2) is 9.79. The third kappa shape index (κ3) is 5.71. The molecule has 4 rings (SSSR count). The zero-order chi connectivity index (χ0) is 24.3. The molecule has 178 valence electrons. The molecule has 1 amide bonds. The number of fused-ring (bicyclic) bond motifs is 1. The van der Waals surface area contributed by atoms with E-state index in [1.807, 2.05) is 24.3 Å². The summed E-state index contributed by atoms with van der Waals surface area (Å²) in [6.07, 6.45) is 3.40. The van der Waals surface area contributed by atoms with Crippen molar-refractivity contribution in [1.82, 2.24) is 29.6 Å². The van der Waals surface area contributed by atoms with Crippen molar-refractivity contribution < 1.29 is 4.79 Å². The molecule has 1 fully saturated rings. The highest BCUT2D eigenvalue weighted by Gasteiger charge is 2.23. The molecule has 3 heterocycles. The van der Waals surface area contributed by atoms with Crippen molar-refractivity contribution in [3.05, 3.63) is 59.5 Å². The number of imidazole rings is 1. The van der Waals surface area contributed by atoms with E-state index in [4.69, 9.17) is 0 Å². The van der Waals surface area contributed by atoms with E-state index in [0.717, 1.165) is 32.7 Å². The lowest BCUT2D eigenvalue weighted by Gasteiger charge is -2.32. The lowest BCUT2D eigenvalue weighted by atomic mass is 9.96. The third-order valence-corrected chi connectivity index (χ3v) is 5.83. The van der Waals surface area contributed by atoms with E-state index in [2.05, 4.69) is 59.1 Å². The highest BCUT2D eigenvalue weighted by molar-refractivity contribution is 5.95. The molecule has 2 aromatic heterocycles. The number of carbonyl (C=O) groups is 1. The molecule has 0 atom stereocenters. The first-order valence-electron chi connectivity index (χ1n) is 11.5. The van der Waals surface area contributed by atoms with Crippen LogP contribution in [0, 0.1) is 16.7 Å². The first-order valence-corrected chi connectivity index (χ1v) is 11.5. The summed E-state index contributed by atoms with van der Waals surface area (Å²) in [6.45, 7) is 12.0. The van der Waals surface area contributed by atoms with Crippen LogP contribution in [0.5, 0.6) is 0 Å². The molecular weight excluding hydrogens is 428 g/mol. The van der Waals surface area contributed by atoms with Gasteiger partial charge >= 0.3 is 0 Å². The fourth-order valence-electron chi connectivity index (χ4n) is 4.02. The molecule has 0 saturated carbocycles. The molecule has 1 N–H and O–H groups in total. The molecule has 3 aromatic rings. The van der Waals surface area contributed by atoms with Gasteiger partial charge in [0.25, 0.3) is 5.91 Å². The van der Waals surface area contributed by atoms with Crippen LogP contribution in [0.4, 0.5) is 5.82 Å². The Morgan fingerprint density at radius 2 is 1.88 bits per heavy atom. The minimum Gasteiger partial charge on any atom is -0.304 e. The number of carbonyl (C=O) groups excluding carboxylic acids is 1. The number of anilines is 1. The number of benzene rings is 1. The molecular formula is C25H32N8O. The van der Waals surface area contributed by atoms with Crippen LogP contribution >= 0.6 is 0 Å². The zero-order valence-corrected chi connectivity index (χ0v) is 20.3. The highest BCUT2D eigenvalue weighted by atomic mass is 16.2. The SMILES string of the molecule is CN1CCN(Cc2ccc(C(=O)NN(CC(C)(C)C)c3cc(C#N)nc4nccn34)cc2)CC1.